The topological polar surface area (TPSA) is 87.2 Å². The molecule has 8 nitrogen and oxygen atoms in total. The summed E-state index contributed by atoms with van der Waals surface area (Å²) in [6.07, 6.45) is 2.67. The van der Waals surface area contributed by atoms with Crippen molar-refractivity contribution in [2.24, 2.45) is 0 Å². The van der Waals surface area contributed by atoms with Gasteiger partial charge in [-0.25, -0.2) is 8.42 Å². The lowest BCUT2D eigenvalue weighted by molar-refractivity contribution is -0.155. The molecule has 0 bridgehead atoms. The molecule has 1 atom stereocenters. The first-order chi connectivity index (χ1) is 14.8. The summed E-state index contributed by atoms with van der Waals surface area (Å²) >= 11 is 0. The Balaban J connectivity index is 2.28. The highest BCUT2D eigenvalue weighted by Crippen LogP contribution is 2.26. The summed E-state index contributed by atoms with van der Waals surface area (Å²) in [7, 11) is 0.0532. The van der Waals surface area contributed by atoms with Crippen molar-refractivity contribution in [3.63, 3.8) is 0 Å². The third-order valence-corrected chi connectivity index (χ3v) is 7.28. The molecule has 1 amide bonds. The summed E-state index contributed by atoms with van der Waals surface area (Å²) in [5, 5.41) is 0. The quantitative estimate of drug-likeness (QED) is 0.546. The number of carbonyl (C=O) groups excluding carboxylic acids is 2. The SMILES string of the molecule is CC1CCCCN1S(=O)(=O)c1cccc(C(=O)N(CCN(C)C)CC(=O)OC(C)(C)C)c1. The normalized spacial score (nSPS) is 17.9. The first kappa shape index (κ1) is 26.3. The highest BCUT2D eigenvalue weighted by Gasteiger charge is 2.32. The lowest BCUT2D eigenvalue weighted by Gasteiger charge is -2.32. The fraction of sp³-hybridized carbons (Fsp3) is 0.652. The summed E-state index contributed by atoms with van der Waals surface area (Å²) in [4.78, 5) is 29.1. The van der Waals surface area contributed by atoms with E-state index in [0.717, 1.165) is 19.3 Å². The fourth-order valence-electron chi connectivity index (χ4n) is 3.64. The van der Waals surface area contributed by atoms with Gasteiger partial charge in [0.25, 0.3) is 5.91 Å². The lowest BCUT2D eigenvalue weighted by Crippen LogP contribution is -2.42. The molecule has 0 aliphatic carbocycles. The first-order valence-electron chi connectivity index (χ1n) is 11.1. The zero-order valence-corrected chi connectivity index (χ0v) is 20.9. The van der Waals surface area contributed by atoms with Crippen molar-refractivity contribution >= 4 is 21.9 Å². The predicted octanol–water partition coefficient (Wildman–Crippen LogP) is 2.60. The van der Waals surface area contributed by atoms with Gasteiger partial charge in [0.2, 0.25) is 10.0 Å². The fourth-order valence-corrected chi connectivity index (χ4v) is 5.39. The van der Waals surface area contributed by atoms with E-state index in [-0.39, 0.29) is 23.0 Å². The second-order valence-electron chi connectivity index (χ2n) is 9.60. The highest BCUT2D eigenvalue weighted by molar-refractivity contribution is 7.89. The number of sulfonamides is 1. The molecule has 0 spiro atoms. The van der Waals surface area contributed by atoms with Crippen LogP contribution in [0.1, 0.15) is 57.3 Å². The number of hydrogen-bond acceptors (Lipinski definition) is 6. The van der Waals surface area contributed by atoms with Crippen LogP contribution in [0.3, 0.4) is 0 Å². The molecule has 0 aromatic heterocycles. The highest BCUT2D eigenvalue weighted by atomic mass is 32.2. The zero-order chi connectivity index (χ0) is 24.1. The number of benzene rings is 1. The Morgan fingerprint density at radius 2 is 1.84 bits per heavy atom. The monoisotopic (exact) mass is 467 g/mol. The molecule has 0 radical (unpaired) electrons. The number of nitrogens with zero attached hydrogens (tertiary/aromatic N) is 3. The van der Waals surface area contributed by atoms with Gasteiger partial charge >= 0.3 is 5.97 Å². The Morgan fingerprint density at radius 3 is 2.44 bits per heavy atom. The van der Waals surface area contributed by atoms with Crippen LogP contribution in [0.2, 0.25) is 0 Å². The average molecular weight is 468 g/mol. The van der Waals surface area contributed by atoms with Crippen LogP contribution in [0.15, 0.2) is 29.2 Å². The van der Waals surface area contributed by atoms with Crippen molar-refractivity contribution in [2.45, 2.75) is 63.5 Å². The minimum absolute atomic E-state index is 0.0723. The van der Waals surface area contributed by atoms with Gasteiger partial charge in [-0.2, -0.15) is 4.31 Å². The van der Waals surface area contributed by atoms with Gasteiger partial charge in [0.05, 0.1) is 4.90 Å². The molecule has 9 heteroatoms. The Kier molecular flexibility index (Phi) is 8.84. The number of carbonyl (C=O) groups is 2. The maximum absolute atomic E-state index is 13.3. The van der Waals surface area contributed by atoms with E-state index in [1.54, 1.807) is 32.9 Å². The number of piperidine rings is 1. The molecule has 1 aliphatic rings. The van der Waals surface area contributed by atoms with Crippen molar-refractivity contribution in [2.75, 3.05) is 40.3 Å². The van der Waals surface area contributed by atoms with Crippen molar-refractivity contribution in [1.29, 1.82) is 0 Å². The van der Waals surface area contributed by atoms with E-state index < -0.39 is 27.5 Å². The molecule has 0 N–H and O–H groups in total. The van der Waals surface area contributed by atoms with Crippen LogP contribution in [-0.4, -0.2) is 86.3 Å². The summed E-state index contributed by atoms with van der Waals surface area (Å²) in [6.45, 7) is 8.37. The van der Waals surface area contributed by atoms with Gasteiger partial charge in [-0.05, 0) is 72.8 Å². The van der Waals surface area contributed by atoms with Crippen molar-refractivity contribution in [3.8, 4) is 0 Å². The standard InChI is InChI=1S/C23H37N3O5S/c1-18-10-7-8-13-26(18)32(29,30)20-12-9-11-19(16-20)22(28)25(15-14-24(5)6)17-21(27)31-23(2,3)4/h9,11-12,16,18H,7-8,10,13-15,17H2,1-6H3. The van der Waals surface area contributed by atoms with Crippen molar-refractivity contribution in [1.82, 2.24) is 14.1 Å². The molecule has 1 fully saturated rings. The second kappa shape index (κ2) is 10.8. The molecule has 1 aromatic carbocycles. The van der Waals surface area contributed by atoms with Crippen LogP contribution in [0.25, 0.3) is 0 Å². The molecule has 1 aromatic rings. The Hall–Kier alpha value is -1.97. The number of esters is 1. The number of amides is 1. The van der Waals surface area contributed by atoms with Crippen LogP contribution >= 0.6 is 0 Å². The first-order valence-corrected chi connectivity index (χ1v) is 12.5. The maximum Gasteiger partial charge on any atom is 0.326 e. The van der Waals surface area contributed by atoms with E-state index in [1.165, 1.54) is 21.3 Å². The predicted molar refractivity (Wildman–Crippen MR) is 124 cm³/mol. The molecule has 2 rings (SSSR count). The molecule has 180 valence electrons. The molecular weight excluding hydrogens is 430 g/mol. The van der Waals surface area contributed by atoms with Gasteiger partial charge in [0.15, 0.2) is 0 Å². The minimum Gasteiger partial charge on any atom is -0.459 e. The third kappa shape index (κ3) is 7.28. The summed E-state index contributed by atoms with van der Waals surface area (Å²) in [5.74, 6) is -0.906. The molecule has 1 saturated heterocycles. The van der Waals surface area contributed by atoms with Crippen LogP contribution in [0, 0.1) is 0 Å². The van der Waals surface area contributed by atoms with Gasteiger partial charge in [0, 0.05) is 31.2 Å². The zero-order valence-electron chi connectivity index (χ0n) is 20.1. The van der Waals surface area contributed by atoms with Gasteiger partial charge in [-0.1, -0.05) is 12.5 Å². The van der Waals surface area contributed by atoms with Crippen molar-refractivity contribution < 1.29 is 22.7 Å². The summed E-state index contributed by atoms with van der Waals surface area (Å²) < 4.78 is 33.3. The van der Waals surface area contributed by atoms with Gasteiger partial charge in [0.1, 0.15) is 12.1 Å². The Labute approximate surface area is 192 Å². The van der Waals surface area contributed by atoms with E-state index in [2.05, 4.69) is 0 Å². The van der Waals surface area contributed by atoms with E-state index >= 15 is 0 Å². The molecule has 1 aliphatic heterocycles. The Morgan fingerprint density at radius 1 is 1.16 bits per heavy atom. The van der Waals surface area contributed by atoms with E-state index in [4.69, 9.17) is 4.74 Å². The smallest absolute Gasteiger partial charge is 0.326 e. The van der Waals surface area contributed by atoms with E-state index in [0.29, 0.717) is 19.6 Å². The molecule has 0 saturated carbocycles. The molecule has 1 unspecified atom stereocenters. The third-order valence-electron chi connectivity index (χ3n) is 5.27. The average Bonchev–Trinajstić information content (AvgIpc) is 2.69. The van der Waals surface area contributed by atoms with Gasteiger partial charge in [-0.15, -0.1) is 0 Å². The number of hydrogen-bond donors (Lipinski definition) is 0. The van der Waals surface area contributed by atoms with E-state index in [9.17, 15) is 18.0 Å². The number of rotatable bonds is 8. The minimum atomic E-state index is -3.70. The number of likely N-dealkylation sites (N-methyl/N-ethyl adjacent to an activating group) is 1. The summed E-state index contributed by atoms with van der Waals surface area (Å²) in [5.41, 5.74) is -0.426. The second-order valence-corrected chi connectivity index (χ2v) is 11.5. The molecule has 1 heterocycles. The van der Waals surface area contributed by atoms with Crippen LogP contribution < -0.4 is 0 Å². The van der Waals surface area contributed by atoms with Gasteiger partial charge < -0.3 is 14.5 Å². The van der Waals surface area contributed by atoms with Crippen LogP contribution in [0.4, 0.5) is 0 Å². The lowest BCUT2D eigenvalue weighted by atomic mass is 10.1. The van der Waals surface area contributed by atoms with Crippen LogP contribution in [0.5, 0.6) is 0 Å². The van der Waals surface area contributed by atoms with Crippen LogP contribution in [-0.2, 0) is 19.6 Å². The largest absolute Gasteiger partial charge is 0.459 e. The van der Waals surface area contributed by atoms with Gasteiger partial charge in [-0.3, -0.25) is 9.59 Å². The van der Waals surface area contributed by atoms with Crippen molar-refractivity contribution in [3.05, 3.63) is 29.8 Å². The summed E-state index contributed by atoms with van der Waals surface area (Å²) in [6, 6.07) is 6.02. The Bertz CT molecular complexity index is 908. The van der Waals surface area contributed by atoms with E-state index in [1.807, 2.05) is 25.9 Å². The molecule has 32 heavy (non-hydrogen) atoms. The maximum atomic E-state index is 13.3. The number of ether oxygens (including phenoxy) is 1. The molecular formula is C23H37N3O5S.